The van der Waals surface area contributed by atoms with Crippen molar-refractivity contribution in [1.82, 2.24) is 15.5 Å². The van der Waals surface area contributed by atoms with Gasteiger partial charge in [-0.2, -0.15) is 0 Å². The number of fused-ring (bicyclic) bond motifs is 1. The molecule has 6 heteroatoms. The molecule has 6 nitrogen and oxygen atoms in total. The number of hydrogen-bond donors (Lipinski definition) is 1. The highest BCUT2D eigenvalue weighted by Gasteiger charge is 2.21. The van der Waals surface area contributed by atoms with Gasteiger partial charge in [0, 0.05) is 25.5 Å². The highest BCUT2D eigenvalue weighted by Crippen LogP contribution is 2.28. The van der Waals surface area contributed by atoms with E-state index in [0.717, 1.165) is 24.6 Å². The molecule has 1 N–H and O–H groups in total. The van der Waals surface area contributed by atoms with Crippen LogP contribution in [0.25, 0.3) is 11.1 Å². The van der Waals surface area contributed by atoms with Gasteiger partial charge in [0.2, 0.25) is 0 Å². The predicted octanol–water partition coefficient (Wildman–Crippen LogP) is 3.20. The number of carbonyl (C=O) groups excluding carboxylic acids is 1. The van der Waals surface area contributed by atoms with Crippen molar-refractivity contribution in [3.8, 4) is 0 Å². The largest absolute Gasteiger partial charge is 0.381 e. The number of carbonyl (C=O) groups is 1. The van der Waals surface area contributed by atoms with Gasteiger partial charge in [0.15, 0.2) is 0 Å². The first-order chi connectivity index (χ1) is 11.6. The van der Waals surface area contributed by atoms with Crippen molar-refractivity contribution in [1.29, 1.82) is 0 Å². The molecule has 1 saturated carbocycles. The Bertz CT molecular complexity index is 720. The number of aryl methyl sites for hydroxylation is 1. The first kappa shape index (κ1) is 16.9. The van der Waals surface area contributed by atoms with E-state index in [-0.39, 0.29) is 11.8 Å². The molecule has 0 unspecified atom stereocenters. The van der Waals surface area contributed by atoms with Gasteiger partial charge in [0.25, 0.3) is 11.6 Å². The summed E-state index contributed by atoms with van der Waals surface area (Å²) in [4.78, 5) is 17.0. The first-order valence-corrected chi connectivity index (χ1v) is 8.69. The fourth-order valence-electron chi connectivity index (χ4n) is 2.59. The standard InChI is InChI=1S/C18H25N3O3/c1-11(2)15-9-14(16-12(3)21-24-18(16)20-15)17(22)19-7-4-8-23-10-13-5-6-13/h9,11,13H,4-8,10H2,1-3H3,(H,19,22). The molecule has 130 valence electrons. The summed E-state index contributed by atoms with van der Waals surface area (Å²) in [5.41, 5.74) is 2.53. The highest BCUT2D eigenvalue weighted by molar-refractivity contribution is 6.06. The topological polar surface area (TPSA) is 77.2 Å². The van der Waals surface area contributed by atoms with E-state index in [1.807, 2.05) is 26.8 Å². The maximum absolute atomic E-state index is 12.6. The lowest BCUT2D eigenvalue weighted by atomic mass is 10.0. The summed E-state index contributed by atoms with van der Waals surface area (Å²) in [6.45, 7) is 8.04. The lowest BCUT2D eigenvalue weighted by Crippen LogP contribution is -2.26. The fourth-order valence-corrected chi connectivity index (χ4v) is 2.59. The Kier molecular flexibility index (Phi) is 5.14. The van der Waals surface area contributed by atoms with Crippen LogP contribution in [-0.4, -0.2) is 35.8 Å². The number of amides is 1. The Balaban J connectivity index is 1.63. The molecule has 0 aromatic carbocycles. The molecule has 0 atom stereocenters. The summed E-state index contributed by atoms with van der Waals surface area (Å²) in [5, 5.41) is 7.60. The SMILES string of the molecule is Cc1noc2nc(C(C)C)cc(C(=O)NCCCOCC3CC3)c12. The van der Waals surface area contributed by atoms with Gasteiger partial charge in [0.05, 0.1) is 16.6 Å². The number of nitrogens with zero attached hydrogens (tertiary/aromatic N) is 2. The van der Waals surface area contributed by atoms with Crippen LogP contribution in [0.1, 0.15) is 60.8 Å². The van der Waals surface area contributed by atoms with E-state index in [9.17, 15) is 4.79 Å². The van der Waals surface area contributed by atoms with Crippen molar-refractivity contribution in [2.45, 2.75) is 46.0 Å². The second-order valence-corrected chi connectivity index (χ2v) is 6.83. The van der Waals surface area contributed by atoms with E-state index in [1.165, 1.54) is 12.8 Å². The van der Waals surface area contributed by atoms with Crippen LogP contribution < -0.4 is 5.32 Å². The van der Waals surface area contributed by atoms with E-state index >= 15 is 0 Å². The smallest absolute Gasteiger partial charge is 0.259 e. The van der Waals surface area contributed by atoms with Gasteiger partial charge in [-0.25, -0.2) is 4.98 Å². The quantitative estimate of drug-likeness (QED) is 0.752. The summed E-state index contributed by atoms with van der Waals surface area (Å²) < 4.78 is 10.8. The van der Waals surface area contributed by atoms with Gasteiger partial charge >= 0.3 is 0 Å². The van der Waals surface area contributed by atoms with Crippen molar-refractivity contribution in [3.63, 3.8) is 0 Å². The van der Waals surface area contributed by atoms with Crippen LogP contribution in [0.3, 0.4) is 0 Å². The number of ether oxygens (including phenoxy) is 1. The highest BCUT2D eigenvalue weighted by atomic mass is 16.5. The van der Waals surface area contributed by atoms with Gasteiger partial charge in [-0.05, 0) is 44.1 Å². The van der Waals surface area contributed by atoms with Crippen molar-refractivity contribution in [2.75, 3.05) is 19.8 Å². The zero-order valence-corrected chi connectivity index (χ0v) is 14.6. The van der Waals surface area contributed by atoms with E-state index < -0.39 is 0 Å². The predicted molar refractivity (Wildman–Crippen MR) is 91.1 cm³/mol. The van der Waals surface area contributed by atoms with Crippen LogP contribution in [0.15, 0.2) is 10.6 Å². The van der Waals surface area contributed by atoms with E-state index in [1.54, 1.807) is 0 Å². The molecular weight excluding hydrogens is 306 g/mol. The van der Waals surface area contributed by atoms with Crippen LogP contribution in [0.4, 0.5) is 0 Å². The molecule has 0 bridgehead atoms. The minimum atomic E-state index is -0.113. The minimum Gasteiger partial charge on any atom is -0.381 e. The van der Waals surface area contributed by atoms with E-state index in [2.05, 4.69) is 15.5 Å². The molecule has 0 saturated heterocycles. The zero-order valence-electron chi connectivity index (χ0n) is 14.6. The summed E-state index contributed by atoms with van der Waals surface area (Å²) in [7, 11) is 0. The summed E-state index contributed by atoms with van der Waals surface area (Å²) in [5.74, 6) is 0.871. The number of hydrogen-bond acceptors (Lipinski definition) is 5. The maximum Gasteiger partial charge on any atom is 0.259 e. The monoisotopic (exact) mass is 331 g/mol. The first-order valence-electron chi connectivity index (χ1n) is 8.69. The molecule has 2 heterocycles. The molecule has 3 rings (SSSR count). The third-order valence-electron chi connectivity index (χ3n) is 4.27. The summed E-state index contributed by atoms with van der Waals surface area (Å²) in [6.07, 6.45) is 3.41. The Hall–Kier alpha value is -1.95. The van der Waals surface area contributed by atoms with Gasteiger partial charge in [-0.3, -0.25) is 4.79 Å². The molecule has 2 aromatic heterocycles. The van der Waals surface area contributed by atoms with E-state index in [4.69, 9.17) is 9.26 Å². The second kappa shape index (κ2) is 7.30. The van der Waals surface area contributed by atoms with Crippen molar-refractivity contribution >= 4 is 17.0 Å². The molecular formula is C18H25N3O3. The van der Waals surface area contributed by atoms with Gasteiger partial charge in [-0.15, -0.1) is 0 Å². The lowest BCUT2D eigenvalue weighted by molar-refractivity contribution is 0.0938. The third-order valence-corrected chi connectivity index (χ3v) is 4.27. The van der Waals surface area contributed by atoms with Crippen LogP contribution in [0.2, 0.25) is 0 Å². The average Bonchev–Trinajstić information content (AvgIpc) is 3.31. The molecule has 1 aliphatic rings. The third kappa shape index (κ3) is 3.93. The number of pyridine rings is 1. The summed E-state index contributed by atoms with van der Waals surface area (Å²) >= 11 is 0. The Morgan fingerprint density at radius 2 is 2.25 bits per heavy atom. The molecule has 1 aliphatic carbocycles. The van der Waals surface area contributed by atoms with E-state index in [0.29, 0.717) is 35.5 Å². The normalized spacial score (nSPS) is 14.5. The van der Waals surface area contributed by atoms with Crippen LogP contribution in [0.5, 0.6) is 0 Å². The molecule has 0 spiro atoms. The number of aromatic nitrogens is 2. The van der Waals surface area contributed by atoms with Crippen LogP contribution in [-0.2, 0) is 4.74 Å². The number of nitrogens with one attached hydrogen (secondary N) is 1. The van der Waals surface area contributed by atoms with Gasteiger partial charge in [0.1, 0.15) is 0 Å². The lowest BCUT2D eigenvalue weighted by Gasteiger charge is -2.10. The van der Waals surface area contributed by atoms with Gasteiger partial charge < -0.3 is 14.6 Å². The molecule has 0 aliphatic heterocycles. The molecule has 2 aromatic rings. The summed E-state index contributed by atoms with van der Waals surface area (Å²) in [6, 6.07) is 1.84. The maximum atomic E-state index is 12.6. The molecule has 1 fully saturated rings. The Morgan fingerprint density at radius 3 is 2.96 bits per heavy atom. The molecule has 1 amide bonds. The van der Waals surface area contributed by atoms with Crippen molar-refractivity contribution < 1.29 is 14.1 Å². The van der Waals surface area contributed by atoms with Crippen LogP contribution in [0, 0.1) is 12.8 Å². The second-order valence-electron chi connectivity index (χ2n) is 6.83. The fraction of sp³-hybridized carbons (Fsp3) is 0.611. The van der Waals surface area contributed by atoms with Crippen molar-refractivity contribution in [2.24, 2.45) is 5.92 Å². The van der Waals surface area contributed by atoms with Crippen LogP contribution >= 0.6 is 0 Å². The average molecular weight is 331 g/mol. The molecule has 0 radical (unpaired) electrons. The van der Waals surface area contributed by atoms with Gasteiger partial charge in [-0.1, -0.05) is 19.0 Å². The van der Waals surface area contributed by atoms with Crippen molar-refractivity contribution in [3.05, 3.63) is 23.0 Å². The number of rotatable bonds is 8. The Labute approximate surface area is 141 Å². The minimum absolute atomic E-state index is 0.113. The molecule has 24 heavy (non-hydrogen) atoms. The Morgan fingerprint density at radius 1 is 1.46 bits per heavy atom. The zero-order chi connectivity index (χ0) is 17.1.